The zero-order valence-corrected chi connectivity index (χ0v) is 10.1. The quantitative estimate of drug-likeness (QED) is 0.869. The number of carboxylic acid groups (broad SMARTS) is 1. The lowest BCUT2D eigenvalue weighted by molar-refractivity contribution is -0.143. The Morgan fingerprint density at radius 2 is 2.00 bits per heavy atom. The van der Waals surface area contributed by atoms with E-state index >= 15 is 0 Å². The lowest BCUT2D eigenvalue weighted by Crippen LogP contribution is -2.33. The fourth-order valence-corrected chi connectivity index (χ4v) is 2.76. The molecule has 2 rings (SSSR count). The Hall–Kier alpha value is -1.78. The van der Waals surface area contributed by atoms with Gasteiger partial charge in [0.1, 0.15) is 17.3 Å². The third-order valence-corrected chi connectivity index (χ3v) is 3.61. The molecule has 0 aliphatic heterocycles. The van der Waals surface area contributed by atoms with E-state index in [9.17, 15) is 19.4 Å². The van der Waals surface area contributed by atoms with Crippen molar-refractivity contribution in [3.05, 3.63) is 23.5 Å². The number of aliphatic carboxylic acids is 1. The van der Waals surface area contributed by atoms with Crippen LogP contribution in [0.5, 0.6) is 11.5 Å². The Balaban J connectivity index is 2.65. The summed E-state index contributed by atoms with van der Waals surface area (Å²) in [4.78, 5) is 11.6. The average molecular weight is 254 g/mol. The minimum atomic E-state index is -1.16. The summed E-state index contributed by atoms with van der Waals surface area (Å²) in [6, 6.07) is 2.04. The number of aromatic hydroxyl groups is 1. The first-order chi connectivity index (χ1) is 8.51. The van der Waals surface area contributed by atoms with Crippen LogP contribution in [-0.2, 0) is 10.2 Å². The number of hydrogen-bond donors (Lipinski definition) is 2. The summed E-state index contributed by atoms with van der Waals surface area (Å²) >= 11 is 0. The fourth-order valence-electron chi connectivity index (χ4n) is 2.76. The molecule has 0 atom stereocenters. The number of hydrogen-bond acceptors (Lipinski definition) is 3. The Bertz CT molecular complexity index is 478. The number of phenolic OH excluding ortho intramolecular Hbond substituents is 1. The normalized spacial score (nSPS) is 17.7. The number of methoxy groups -OCH3 is 1. The molecule has 1 aliphatic carbocycles. The first kappa shape index (κ1) is 12.7. The monoisotopic (exact) mass is 254 g/mol. The van der Waals surface area contributed by atoms with Crippen LogP contribution < -0.4 is 4.74 Å². The van der Waals surface area contributed by atoms with Gasteiger partial charge in [0.25, 0.3) is 0 Å². The van der Waals surface area contributed by atoms with Crippen molar-refractivity contribution in [2.24, 2.45) is 0 Å². The standard InChI is InChI=1S/C13H15FO4/c1-18-10-7-8(14)6-9(15)11(10)13(12(16)17)4-2-3-5-13/h6-7,15H,2-5H2,1H3,(H,16,17). The molecule has 1 aromatic rings. The molecular formula is C13H15FO4. The largest absolute Gasteiger partial charge is 0.507 e. The van der Waals surface area contributed by atoms with Crippen LogP contribution in [-0.4, -0.2) is 23.3 Å². The van der Waals surface area contributed by atoms with Crippen LogP contribution in [0.25, 0.3) is 0 Å². The third kappa shape index (κ3) is 1.79. The number of benzene rings is 1. The molecule has 0 bridgehead atoms. The van der Waals surface area contributed by atoms with Gasteiger partial charge in [-0.3, -0.25) is 4.79 Å². The molecule has 1 fully saturated rings. The van der Waals surface area contributed by atoms with Gasteiger partial charge in [-0.2, -0.15) is 0 Å². The molecule has 1 aromatic carbocycles. The van der Waals surface area contributed by atoms with E-state index in [1.165, 1.54) is 7.11 Å². The van der Waals surface area contributed by atoms with Gasteiger partial charge in [-0.05, 0) is 12.8 Å². The molecule has 4 nitrogen and oxygen atoms in total. The van der Waals surface area contributed by atoms with Crippen LogP contribution in [0.15, 0.2) is 12.1 Å². The maximum absolute atomic E-state index is 13.2. The lowest BCUT2D eigenvalue weighted by atomic mass is 9.78. The van der Waals surface area contributed by atoms with E-state index < -0.39 is 17.2 Å². The topological polar surface area (TPSA) is 66.8 Å². The van der Waals surface area contributed by atoms with Crippen molar-refractivity contribution in [1.82, 2.24) is 0 Å². The van der Waals surface area contributed by atoms with Gasteiger partial charge < -0.3 is 14.9 Å². The molecular weight excluding hydrogens is 239 g/mol. The molecule has 2 N–H and O–H groups in total. The van der Waals surface area contributed by atoms with Crippen LogP contribution in [0, 0.1) is 5.82 Å². The Labute approximate surface area is 104 Å². The summed E-state index contributed by atoms with van der Waals surface area (Å²) in [6.45, 7) is 0. The van der Waals surface area contributed by atoms with Crippen molar-refractivity contribution >= 4 is 5.97 Å². The van der Waals surface area contributed by atoms with Crippen LogP contribution in [0.4, 0.5) is 4.39 Å². The van der Waals surface area contributed by atoms with Crippen molar-refractivity contribution in [2.45, 2.75) is 31.1 Å². The number of halogens is 1. The zero-order valence-electron chi connectivity index (χ0n) is 10.1. The number of ether oxygens (including phenoxy) is 1. The minimum absolute atomic E-state index is 0.0943. The maximum atomic E-state index is 13.2. The van der Waals surface area contributed by atoms with Gasteiger partial charge in [-0.25, -0.2) is 4.39 Å². The molecule has 1 saturated carbocycles. The van der Waals surface area contributed by atoms with Crippen molar-refractivity contribution in [1.29, 1.82) is 0 Å². The third-order valence-electron chi connectivity index (χ3n) is 3.61. The maximum Gasteiger partial charge on any atom is 0.314 e. The highest BCUT2D eigenvalue weighted by molar-refractivity contribution is 5.84. The van der Waals surface area contributed by atoms with Crippen LogP contribution in [0.1, 0.15) is 31.2 Å². The van der Waals surface area contributed by atoms with Gasteiger partial charge in [0.05, 0.1) is 18.1 Å². The molecule has 0 spiro atoms. The molecule has 0 heterocycles. The summed E-state index contributed by atoms with van der Waals surface area (Å²) in [5.41, 5.74) is -0.972. The average Bonchev–Trinajstić information content (AvgIpc) is 2.78. The molecule has 0 unspecified atom stereocenters. The van der Waals surface area contributed by atoms with E-state index in [1.54, 1.807) is 0 Å². The molecule has 18 heavy (non-hydrogen) atoms. The number of carbonyl (C=O) groups is 1. The lowest BCUT2D eigenvalue weighted by Gasteiger charge is -2.27. The predicted molar refractivity (Wildman–Crippen MR) is 62.4 cm³/mol. The van der Waals surface area contributed by atoms with E-state index in [2.05, 4.69) is 0 Å². The van der Waals surface area contributed by atoms with E-state index in [0.717, 1.165) is 25.0 Å². The highest BCUT2D eigenvalue weighted by Crippen LogP contribution is 2.48. The Morgan fingerprint density at radius 1 is 1.39 bits per heavy atom. The first-order valence-corrected chi connectivity index (χ1v) is 5.81. The zero-order chi connectivity index (χ0) is 13.3. The van der Waals surface area contributed by atoms with Gasteiger partial charge in [-0.15, -0.1) is 0 Å². The summed E-state index contributed by atoms with van der Waals surface area (Å²) in [5, 5.41) is 19.4. The summed E-state index contributed by atoms with van der Waals surface area (Å²) in [5.74, 6) is -1.90. The van der Waals surface area contributed by atoms with Crippen LogP contribution in [0.2, 0.25) is 0 Å². The van der Waals surface area contributed by atoms with E-state index in [4.69, 9.17) is 4.74 Å². The van der Waals surface area contributed by atoms with E-state index in [1.807, 2.05) is 0 Å². The van der Waals surface area contributed by atoms with Crippen LogP contribution in [0.3, 0.4) is 0 Å². The molecule has 0 radical (unpaired) electrons. The van der Waals surface area contributed by atoms with Gasteiger partial charge in [0.2, 0.25) is 0 Å². The van der Waals surface area contributed by atoms with E-state index in [0.29, 0.717) is 12.8 Å². The fraction of sp³-hybridized carbons (Fsp3) is 0.462. The van der Waals surface area contributed by atoms with E-state index in [-0.39, 0.29) is 17.1 Å². The number of carboxylic acids is 1. The summed E-state index contributed by atoms with van der Waals surface area (Å²) in [7, 11) is 1.34. The SMILES string of the molecule is COc1cc(F)cc(O)c1C1(C(=O)O)CCCC1. The highest BCUT2D eigenvalue weighted by atomic mass is 19.1. The molecule has 0 aromatic heterocycles. The molecule has 98 valence electrons. The molecule has 1 aliphatic rings. The van der Waals surface area contributed by atoms with Crippen molar-refractivity contribution in [2.75, 3.05) is 7.11 Å². The Kier molecular flexibility index (Phi) is 3.15. The first-order valence-electron chi connectivity index (χ1n) is 5.81. The molecule has 0 saturated heterocycles. The second-order valence-electron chi connectivity index (χ2n) is 4.60. The molecule has 5 heteroatoms. The van der Waals surface area contributed by atoms with Crippen LogP contribution >= 0.6 is 0 Å². The second-order valence-corrected chi connectivity index (χ2v) is 4.60. The van der Waals surface area contributed by atoms with Gasteiger partial charge in [-0.1, -0.05) is 12.8 Å². The number of phenols is 1. The Morgan fingerprint density at radius 3 is 2.50 bits per heavy atom. The van der Waals surface area contributed by atoms with Crippen molar-refractivity contribution in [3.63, 3.8) is 0 Å². The van der Waals surface area contributed by atoms with Gasteiger partial charge in [0.15, 0.2) is 0 Å². The smallest absolute Gasteiger partial charge is 0.314 e. The van der Waals surface area contributed by atoms with Gasteiger partial charge >= 0.3 is 5.97 Å². The van der Waals surface area contributed by atoms with Crippen molar-refractivity contribution < 1.29 is 24.1 Å². The highest BCUT2D eigenvalue weighted by Gasteiger charge is 2.46. The minimum Gasteiger partial charge on any atom is -0.507 e. The summed E-state index contributed by atoms with van der Waals surface area (Å²) in [6.07, 6.45) is 2.40. The second kappa shape index (κ2) is 4.48. The number of rotatable bonds is 3. The van der Waals surface area contributed by atoms with Gasteiger partial charge in [0, 0.05) is 12.1 Å². The predicted octanol–water partition coefficient (Wildman–Crippen LogP) is 2.44. The summed E-state index contributed by atoms with van der Waals surface area (Å²) < 4.78 is 18.3. The molecule has 0 amide bonds. The van der Waals surface area contributed by atoms with Crippen molar-refractivity contribution in [3.8, 4) is 11.5 Å².